The van der Waals surface area contributed by atoms with Gasteiger partial charge in [-0.3, -0.25) is 0 Å². The normalized spacial score (nSPS) is 12.6. The fourth-order valence-electron chi connectivity index (χ4n) is 1.00. The van der Waals surface area contributed by atoms with Crippen molar-refractivity contribution < 1.29 is 5.11 Å². The van der Waals surface area contributed by atoms with Crippen LogP contribution < -0.4 is 5.32 Å². The van der Waals surface area contributed by atoms with Crippen molar-refractivity contribution in [1.29, 1.82) is 0 Å². The lowest BCUT2D eigenvalue weighted by molar-refractivity contribution is 0.211. The van der Waals surface area contributed by atoms with E-state index in [9.17, 15) is 5.11 Å². The fraction of sp³-hybridized carbons (Fsp3) is 0.333. The van der Waals surface area contributed by atoms with E-state index in [1.54, 1.807) is 6.07 Å². The zero-order valence-electron chi connectivity index (χ0n) is 7.91. The molecule has 0 bridgehead atoms. The maximum atomic E-state index is 9.33. The second-order valence-corrected chi connectivity index (χ2v) is 5.77. The predicted octanol–water partition coefficient (Wildman–Crippen LogP) is 4.53. The first kappa shape index (κ1) is 14.9. The maximum absolute atomic E-state index is 9.33. The van der Waals surface area contributed by atoms with Crippen molar-refractivity contribution in [1.82, 2.24) is 0 Å². The van der Waals surface area contributed by atoms with Gasteiger partial charge in [0.1, 0.15) is 0 Å². The smallest absolute Gasteiger partial charge is 0.0847 e. The Labute approximate surface area is 126 Å². The van der Waals surface area contributed by atoms with Crippen LogP contribution in [0.15, 0.2) is 15.0 Å². The minimum absolute atomic E-state index is 0.159. The van der Waals surface area contributed by atoms with Gasteiger partial charge in [0.05, 0.1) is 32.2 Å². The molecule has 90 valence electrons. The van der Waals surface area contributed by atoms with Crippen LogP contribution in [0.25, 0.3) is 0 Å². The van der Waals surface area contributed by atoms with Crippen LogP contribution >= 0.6 is 66.7 Å². The number of alkyl halides is 1. The molecule has 0 fully saturated rings. The van der Waals surface area contributed by atoms with E-state index in [-0.39, 0.29) is 5.88 Å². The Bertz CT molecular complexity index is 390. The molecule has 0 heterocycles. The highest BCUT2D eigenvalue weighted by Crippen LogP contribution is 2.41. The quantitative estimate of drug-likeness (QED) is 0.433. The van der Waals surface area contributed by atoms with E-state index in [0.29, 0.717) is 31.2 Å². The Morgan fingerprint density at radius 2 is 2.00 bits per heavy atom. The number of rotatable bonds is 4. The molecule has 1 unspecified atom stereocenters. The lowest BCUT2D eigenvalue weighted by Crippen LogP contribution is -2.21. The molecule has 0 aliphatic rings. The van der Waals surface area contributed by atoms with E-state index in [2.05, 4.69) is 37.2 Å². The summed E-state index contributed by atoms with van der Waals surface area (Å²) in [5, 5.41) is 13.3. The van der Waals surface area contributed by atoms with E-state index in [0.717, 1.165) is 0 Å². The molecule has 0 aliphatic carbocycles. The second-order valence-electron chi connectivity index (χ2n) is 3.03. The minimum Gasteiger partial charge on any atom is -0.390 e. The average molecular weight is 412 g/mol. The van der Waals surface area contributed by atoms with Crippen LogP contribution in [0, 0.1) is 0 Å². The molecule has 1 atom stereocenters. The number of anilines is 1. The highest BCUT2D eigenvalue weighted by molar-refractivity contribution is 9.11. The number of aliphatic hydroxyl groups is 1. The monoisotopic (exact) mass is 409 g/mol. The summed E-state index contributed by atoms with van der Waals surface area (Å²) in [5.41, 5.74) is 0.638. The lowest BCUT2D eigenvalue weighted by Gasteiger charge is -2.14. The van der Waals surface area contributed by atoms with Gasteiger partial charge >= 0.3 is 0 Å². The molecular weight excluding hydrogens is 404 g/mol. The Hall–Kier alpha value is 0.810. The van der Waals surface area contributed by atoms with Gasteiger partial charge in [-0.1, -0.05) is 23.2 Å². The van der Waals surface area contributed by atoms with E-state index in [1.807, 2.05) is 0 Å². The molecule has 16 heavy (non-hydrogen) atoms. The first-order chi connectivity index (χ1) is 7.47. The lowest BCUT2D eigenvalue weighted by atomic mass is 10.3. The largest absolute Gasteiger partial charge is 0.390 e. The number of aliphatic hydroxyl groups excluding tert-OH is 1. The van der Waals surface area contributed by atoms with Crippen LogP contribution in [0.5, 0.6) is 0 Å². The van der Waals surface area contributed by atoms with Crippen molar-refractivity contribution in [2.45, 2.75) is 6.10 Å². The van der Waals surface area contributed by atoms with E-state index >= 15 is 0 Å². The molecule has 1 aromatic rings. The summed E-state index contributed by atoms with van der Waals surface area (Å²) in [4.78, 5) is 0. The van der Waals surface area contributed by atoms with Crippen LogP contribution in [0.1, 0.15) is 0 Å². The summed E-state index contributed by atoms with van der Waals surface area (Å²) < 4.78 is 1.35. The third kappa shape index (κ3) is 3.65. The van der Waals surface area contributed by atoms with Gasteiger partial charge in [0.25, 0.3) is 0 Å². The topological polar surface area (TPSA) is 32.3 Å². The molecule has 0 saturated carbocycles. The number of benzene rings is 1. The Balaban J connectivity index is 2.92. The number of halogens is 5. The molecule has 0 radical (unpaired) electrons. The number of hydrogen-bond acceptors (Lipinski definition) is 2. The summed E-state index contributed by atoms with van der Waals surface area (Å²) in [6.07, 6.45) is -0.632. The molecular formula is C9H8Br2Cl3NO. The number of hydrogen-bond donors (Lipinski definition) is 2. The van der Waals surface area contributed by atoms with Gasteiger partial charge in [-0.25, -0.2) is 0 Å². The summed E-state index contributed by atoms with van der Waals surface area (Å²) in [6.45, 7) is 0.305. The Kier molecular flexibility index (Phi) is 6.19. The van der Waals surface area contributed by atoms with Crippen molar-refractivity contribution in [3.8, 4) is 0 Å². The van der Waals surface area contributed by atoms with Gasteiger partial charge in [0.2, 0.25) is 0 Å². The average Bonchev–Trinajstić information content (AvgIpc) is 2.25. The van der Waals surface area contributed by atoms with E-state index in [4.69, 9.17) is 34.8 Å². The van der Waals surface area contributed by atoms with Crippen LogP contribution in [0.4, 0.5) is 5.69 Å². The van der Waals surface area contributed by atoms with Gasteiger partial charge in [-0.2, -0.15) is 0 Å². The standard InChI is InChI=1S/C9H8Br2Cl3NO/c10-5-1-6(13)9(7(11)8(5)14)15-3-4(16)2-12/h1,4,15-16H,2-3H2. The summed E-state index contributed by atoms with van der Waals surface area (Å²) in [5.74, 6) is 0.159. The van der Waals surface area contributed by atoms with Crippen LogP contribution in [0.2, 0.25) is 10.0 Å². The SMILES string of the molecule is OC(CCl)CNc1c(Cl)cc(Br)c(Cl)c1Br. The molecule has 0 aromatic heterocycles. The molecule has 1 aromatic carbocycles. The second kappa shape index (κ2) is 6.66. The Morgan fingerprint density at radius 3 is 2.56 bits per heavy atom. The van der Waals surface area contributed by atoms with Crippen molar-refractivity contribution in [3.05, 3.63) is 25.1 Å². The zero-order chi connectivity index (χ0) is 12.3. The molecule has 2 N–H and O–H groups in total. The molecule has 0 aliphatic heterocycles. The third-order valence-corrected chi connectivity index (χ3v) is 4.73. The minimum atomic E-state index is -0.632. The Morgan fingerprint density at radius 1 is 1.38 bits per heavy atom. The molecule has 0 saturated heterocycles. The molecule has 0 amide bonds. The summed E-state index contributed by atoms with van der Waals surface area (Å²) in [7, 11) is 0. The highest BCUT2D eigenvalue weighted by atomic mass is 79.9. The van der Waals surface area contributed by atoms with E-state index in [1.165, 1.54) is 0 Å². The van der Waals surface area contributed by atoms with Gasteiger partial charge in [-0.15, -0.1) is 11.6 Å². The fourth-order valence-corrected chi connectivity index (χ4v) is 3.04. The van der Waals surface area contributed by atoms with Crippen LogP contribution in [-0.2, 0) is 0 Å². The zero-order valence-corrected chi connectivity index (χ0v) is 13.3. The van der Waals surface area contributed by atoms with Gasteiger partial charge in [0.15, 0.2) is 0 Å². The molecule has 2 nitrogen and oxygen atoms in total. The number of nitrogens with one attached hydrogen (secondary N) is 1. The highest BCUT2D eigenvalue weighted by Gasteiger charge is 2.13. The predicted molar refractivity (Wildman–Crippen MR) is 77.1 cm³/mol. The summed E-state index contributed by atoms with van der Waals surface area (Å²) >= 11 is 24.2. The van der Waals surface area contributed by atoms with Crippen LogP contribution in [0.3, 0.4) is 0 Å². The first-order valence-corrected chi connectivity index (χ1v) is 7.16. The van der Waals surface area contributed by atoms with Gasteiger partial charge in [0, 0.05) is 11.0 Å². The van der Waals surface area contributed by atoms with Crippen LogP contribution in [-0.4, -0.2) is 23.6 Å². The molecule has 7 heteroatoms. The van der Waals surface area contributed by atoms with Crippen molar-refractivity contribution in [3.63, 3.8) is 0 Å². The van der Waals surface area contributed by atoms with Crippen molar-refractivity contribution in [2.75, 3.05) is 17.7 Å². The van der Waals surface area contributed by atoms with E-state index < -0.39 is 6.10 Å². The van der Waals surface area contributed by atoms with Crippen molar-refractivity contribution >= 4 is 72.4 Å². The van der Waals surface area contributed by atoms with Crippen molar-refractivity contribution in [2.24, 2.45) is 0 Å². The molecule has 1 rings (SSSR count). The third-order valence-electron chi connectivity index (χ3n) is 1.81. The van der Waals surface area contributed by atoms with Gasteiger partial charge in [-0.05, 0) is 37.9 Å². The summed E-state index contributed by atoms with van der Waals surface area (Å²) in [6, 6.07) is 1.68. The first-order valence-electron chi connectivity index (χ1n) is 4.28. The maximum Gasteiger partial charge on any atom is 0.0847 e. The molecule has 0 spiro atoms. The van der Waals surface area contributed by atoms with Gasteiger partial charge < -0.3 is 10.4 Å².